The van der Waals surface area contributed by atoms with Gasteiger partial charge in [0.05, 0.1) is 10.6 Å². The maximum atomic E-state index is 12.2. The molecule has 20 heavy (non-hydrogen) atoms. The summed E-state index contributed by atoms with van der Waals surface area (Å²) in [5, 5.41) is 2.88. The Hall–Kier alpha value is -2.28. The lowest BCUT2D eigenvalue weighted by Crippen LogP contribution is -2.13. The third-order valence-electron chi connectivity index (χ3n) is 2.65. The number of anilines is 3. The van der Waals surface area contributed by atoms with Gasteiger partial charge in [-0.2, -0.15) is 0 Å². The molecule has 0 radical (unpaired) electrons. The van der Waals surface area contributed by atoms with Crippen molar-refractivity contribution in [2.75, 3.05) is 22.8 Å². The van der Waals surface area contributed by atoms with Crippen molar-refractivity contribution in [1.29, 1.82) is 0 Å². The van der Waals surface area contributed by atoms with E-state index in [0.29, 0.717) is 22.9 Å². The second kappa shape index (κ2) is 5.38. The molecule has 0 unspecified atom stereocenters. The number of nitrogen functional groups attached to an aromatic ring is 1. The first-order valence-electron chi connectivity index (χ1n) is 5.95. The lowest BCUT2D eigenvalue weighted by molar-refractivity contribution is 0.601. The number of aromatic nitrogens is 1. The van der Waals surface area contributed by atoms with Gasteiger partial charge in [0.1, 0.15) is 5.82 Å². The zero-order chi connectivity index (χ0) is 14.8. The molecule has 7 heteroatoms. The number of nitrogens with one attached hydrogen (secondary N) is 2. The van der Waals surface area contributed by atoms with Gasteiger partial charge in [0.15, 0.2) is 0 Å². The molecule has 0 saturated heterocycles. The Bertz CT molecular complexity index is 712. The first-order chi connectivity index (χ1) is 9.40. The number of hydrogen-bond donors (Lipinski definition) is 3. The largest absolute Gasteiger partial charge is 0.399 e. The van der Waals surface area contributed by atoms with Gasteiger partial charge in [-0.1, -0.05) is 0 Å². The molecule has 0 atom stereocenters. The van der Waals surface area contributed by atoms with Crippen LogP contribution in [0.25, 0.3) is 0 Å². The number of benzene rings is 1. The predicted molar refractivity (Wildman–Crippen MR) is 80.2 cm³/mol. The summed E-state index contributed by atoms with van der Waals surface area (Å²) in [5.74, 6) is 0.597. The fourth-order valence-corrected chi connectivity index (χ4v) is 2.76. The van der Waals surface area contributed by atoms with Gasteiger partial charge in [-0.3, -0.25) is 4.72 Å². The fourth-order valence-electron chi connectivity index (χ4n) is 1.72. The number of hydrogen-bond acceptors (Lipinski definition) is 5. The Balaban J connectivity index is 2.33. The standard InChI is InChI=1S/C13H16N4O2S/c1-9-7-11(8-13(15-2)16-9)17-20(18,19)12-5-3-10(14)4-6-12/h3-8H,14H2,1-2H3,(H2,15,16,17). The molecule has 0 aliphatic heterocycles. The average Bonchev–Trinajstić information content (AvgIpc) is 2.37. The molecule has 1 aromatic heterocycles. The zero-order valence-electron chi connectivity index (χ0n) is 11.2. The van der Waals surface area contributed by atoms with Crippen LogP contribution in [0.5, 0.6) is 0 Å². The van der Waals surface area contributed by atoms with Gasteiger partial charge in [0, 0.05) is 24.5 Å². The predicted octanol–water partition coefficient (Wildman–Crippen LogP) is 1.81. The summed E-state index contributed by atoms with van der Waals surface area (Å²) in [6.07, 6.45) is 0. The highest BCUT2D eigenvalue weighted by molar-refractivity contribution is 7.92. The van der Waals surface area contributed by atoms with Crippen molar-refractivity contribution >= 4 is 27.2 Å². The van der Waals surface area contributed by atoms with E-state index in [1.54, 1.807) is 38.2 Å². The molecule has 0 amide bonds. The number of pyridine rings is 1. The summed E-state index contributed by atoms with van der Waals surface area (Å²) >= 11 is 0. The van der Waals surface area contributed by atoms with Crippen LogP contribution in [-0.4, -0.2) is 20.4 Å². The van der Waals surface area contributed by atoms with Gasteiger partial charge < -0.3 is 11.1 Å². The molecule has 2 rings (SSSR count). The van der Waals surface area contributed by atoms with E-state index in [1.165, 1.54) is 12.1 Å². The van der Waals surface area contributed by atoms with Crippen molar-refractivity contribution in [1.82, 2.24) is 4.98 Å². The first kappa shape index (κ1) is 14.1. The van der Waals surface area contributed by atoms with Crippen molar-refractivity contribution in [3.63, 3.8) is 0 Å². The van der Waals surface area contributed by atoms with Crippen LogP contribution >= 0.6 is 0 Å². The van der Waals surface area contributed by atoms with E-state index in [4.69, 9.17) is 5.73 Å². The number of sulfonamides is 1. The van der Waals surface area contributed by atoms with E-state index < -0.39 is 10.0 Å². The molecule has 0 aliphatic carbocycles. The van der Waals surface area contributed by atoms with Crippen molar-refractivity contribution in [3.05, 3.63) is 42.1 Å². The minimum atomic E-state index is -3.63. The van der Waals surface area contributed by atoms with Crippen LogP contribution in [0.15, 0.2) is 41.3 Å². The topological polar surface area (TPSA) is 97.1 Å². The van der Waals surface area contributed by atoms with Crippen LogP contribution in [0.3, 0.4) is 0 Å². The van der Waals surface area contributed by atoms with E-state index in [2.05, 4.69) is 15.0 Å². The Labute approximate surface area is 118 Å². The van der Waals surface area contributed by atoms with Crippen LogP contribution in [0, 0.1) is 6.92 Å². The molecule has 2 aromatic rings. The van der Waals surface area contributed by atoms with E-state index >= 15 is 0 Å². The molecule has 4 N–H and O–H groups in total. The second-order valence-corrected chi connectivity index (χ2v) is 5.99. The molecule has 0 spiro atoms. The molecule has 106 valence electrons. The molecule has 1 heterocycles. The smallest absolute Gasteiger partial charge is 0.261 e. The lowest BCUT2D eigenvalue weighted by Gasteiger charge is -2.10. The second-order valence-electron chi connectivity index (χ2n) is 4.31. The first-order valence-corrected chi connectivity index (χ1v) is 7.44. The monoisotopic (exact) mass is 292 g/mol. The Morgan fingerprint density at radius 1 is 1.15 bits per heavy atom. The van der Waals surface area contributed by atoms with Gasteiger partial charge in [0.25, 0.3) is 10.0 Å². The summed E-state index contributed by atoms with van der Waals surface area (Å²) in [7, 11) is -1.91. The van der Waals surface area contributed by atoms with Gasteiger partial charge >= 0.3 is 0 Å². The number of nitrogens with zero attached hydrogens (tertiary/aromatic N) is 1. The van der Waals surface area contributed by atoms with Crippen LogP contribution in [-0.2, 0) is 10.0 Å². The molecule has 0 saturated carbocycles. The maximum Gasteiger partial charge on any atom is 0.261 e. The van der Waals surface area contributed by atoms with Crippen molar-refractivity contribution < 1.29 is 8.42 Å². The summed E-state index contributed by atoms with van der Waals surface area (Å²) in [6.45, 7) is 1.79. The molecule has 0 aliphatic rings. The van der Waals surface area contributed by atoms with E-state index in [-0.39, 0.29) is 4.90 Å². The highest BCUT2D eigenvalue weighted by Crippen LogP contribution is 2.20. The summed E-state index contributed by atoms with van der Waals surface area (Å²) in [4.78, 5) is 4.36. The van der Waals surface area contributed by atoms with Gasteiger partial charge in [-0.15, -0.1) is 0 Å². The molecule has 0 bridgehead atoms. The molecule has 6 nitrogen and oxygen atoms in total. The fraction of sp³-hybridized carbons (Fsp3) is 0.154. The molecular weight excluding hydrogens is 276 g/mol. The molecule has 1 aromatic carbocycles. The third-order valence-corrected chi connectivity index (χ3v) is 4.05. The van der Waals surface area contributed by atoms with Gasteiger partial charge in [-0.25, -0.2) is 13.4 Å². The normalized spacial score (nSPS) is 11.1. The summed E-state index contributed by atoms with van der Waals surface area (Å²) in [5.41, 5.74) is 7.24. The van der Waals surface area contributed by atoms with Gasteiger partial charge in [-0.05, 0) is 37.3 Å². The highest BCUT2D eigenvalue weighted by atomic mass is 32.2. The van der Waals surface area contributed by atoms with Crippen molar-refractivity contribution in [2.24, 2.45) is 0 Å². The maximum absolute atomic E-state index is 12.2. The van der Waals surface area contributed by atoms with Gasteiger partial charge in [0.2, 0.25) is 0 Å². The SMILES string of the molecule is CNc1cc(NS(=O)(=O)c2ccc(N)cc2)cc(C)n1. The third kappa shape index (κ3) is 3.18. The number of nitrogens with two attached hydrogens (primary N) is 1. The quantitative estimate of drug-likeness (QED) is 0.747. The Morgan fingerprint density at radius 2 is 1.80 bits per heavy atom. The van der Waals surface area contributed by atoms with E-state index in [1.807, 2.05) is 0 Å². The van der Waals surface area contributed by atoms with Crippen molar-refractivity contribution in [3.8, 4) is 0 Å². The van der Waals surface area contributed by atoms with Crippen LogP contribution < -0.4 is 15.8 Å². The number of rotatable bonds is 4. The Kier molecular flexibility index (Phi) is 3.80. The Morgan fingerprint density at radius 3 is 2.40 bits per heavy atom. The number of aryl methyl sites for hydroxylation is 1. The van der Waals surface area contributed by atoms with Crippen LogP contribution in [0.4, 0.5) is 17.2 Å². The highest BCUT2D eigenvalue weighted by Gasteiger charge is 2.14. The minimum absolute atomic E-state index is 0.159. The molecular formula is C13H16N4O2S. The van der Waals surface area contributed by atoms with Crippen LogP contribution in [0.2, 0.25) is 0 Å². The summed E-state index contributed by atoms with van der Waals surface area (Å²) < 4.78 is 27.0. The lowest BCUT2D eigenvalue weighted by atomic mass is 10.3. The van der Waals surface area contributed by atoms with E-state index in [0.717, 1.165) is 0 Å². The summed E-state index contributed by atoms with van der Waals surface area (Å²) in [6, 6.07) is 9.31. The van der Waals surface area contributed by atoms with Crippen molar-refractivity contribution in [2.45, 2.75) is 11.8 Å². The average molecular weight is 292 g/mol. The van der Waals surface area contributed by atoms with Crippen LogP contribution in [0.1, 0.15) is 5.69 Å². The molecule has 0 fully saturated rings. The van der Waals surface area contributed by atoms with E-state index in [9.17, 15) is 8.42 Å². The zero-order valence-corrected chi connectivity index (χ0v) is 12.0. The minimum Gasteiger partial charge on any atom is -0.399 e.